The molecule has 0 N–H and O–H groups in total. The van der Waals surface area contributed by atoms with Crippen molar-refractivity contribution in [3.63, 3.8) is 0 Å². The number of ether oxygens (including phenoxy) is 1. The maximum absolute atomic E-state index is 12.0. The summed E-state index contributed by atoms with van der Waals surface area (Å²) >= 11 is 0. The average Bonchev–Trinajstić information content (AvgIpc) is 2.34. The molecule has 106 valence electrons. The monoisotopic (exact) mass is 255 g/mol. The van der Waals surface area contributed by atoms with Crippen LogP contribution >= 0.6 is 0 Å². The van der Waals surface area contributed by atoms with Crippen molar-refractivity contribution in [3.05, 3.63) is 0 Å². The van der Waals surface area contributed by atoms with Crippen molar-refractivity contribution < 1.29 is 9.53 Å². The van der Waals surface area contributed by atoms with Crippen molar-refractivity contribution in [1.29, 1.82) is 0 Å². The maximum atomic E-state index is 12.0. The summed E-state index contributed by atoms with van der Waals surface area (Å²) in [6.45, 7) is 8.40. The number of likely N-dealkylation sites (N-methyl/N-ethyl adjacent to an activating group) is 1. The third-order valence-electron chi connectivity index (χ3n) is 3.96. The second kappa shape index (κ2) is 6.55. The van der Waals surface area contributed by atoms with Crippen LogP contribution in [0, 0.1) is 5.92 Å². The normalized spacial score (nSPS) is 24.9. The molecule has 18 heavy (non-hydrogen) atoms. The Bertz CT molecular complexity index is 262. The first-order valence-electron chi connectivity index (χ1n) is 7.23. The Morgan fingerprint density at radius 1 is 1.22 bits per heavy atom. The standard InChI is InChI=1S/C15H29NO2/c1-6-12-7-9-13(10-8-12)16(5)14(17)11-18-15(2,3)4/h12-13H,6-11H2,1-5H3. The maximum Gasteiger partial charge on any atom is 0.248 e. The van der Waals surface area contributed by atoms with E-state index in [4.69, 9.17) is 4.74 Å². The van der Waals surface area contributed by atoms with E-state index in [1.165, 1.54) is 19.3 Å². The van der Waals surface area contributed by atoms with E-state index in [0.717, 1.165) is 18.8 Å². The number of amides is 1. The third-order valence-corrected chi connectivity index (χ3v) is 3.96. The summed E-state index contributed by atoms with van der Waals surface area (Å²) < 4.78 is 5.55. The predicted octanol–water partition coefficient (Wildman–Crippen LogP) is 3.23. The van der Waals surface area contributed by atoms with E-state index in [-0.39, 0.29) is 18.1 Å². The number of carbonyl (C=O) groups excluding carboxylic acids is 1. The largest absolute Gasteiger partial charge is 0.366 e. The summed E-state index contributed by atoms with van der Waals surface area (Å²) in [5.41, 5.74) is -0.240. The molecule has 0 unspecified atom stereocenters. The fourth-order valence-corrected chi connectivity index (χ4v) is 2.52. The molecule has 0 bridgehead atoms. The van der Waals surface area contributed by atoms with Gasteiger partial charge in [-0.3, -0.25) is 4.79 Å². The van der Waals surface area contributed by atoms with Crippen LogP contribution < -0.4 is 0 Å². The molecule has 0 aromatic rings. The highest BCUT2D eigenvalue weighted by Crippen LogP contribution is 2.29. The van der Waals surface area contributed by atoms with Gasteiger partial charge in [-0.15, -0.1) is 0 Å². The molecule has 1 aliphatic carbocycles. The fourth-order valence-electron chi connectivity index (χ4n) is 2.52. The van der Waals surface area contributed by atoms with Gasteiger partial charge in [-0.05, 0) is 52.4 Å². The lowest BCUT2D eigenvalue weighted by Gasteiger charge is -2.35. The number of nitrogens with zero attached hydrogens (tertiary/aromatic N) is 1. The van der Waals surface area contributed by atoms with Crippen LogP contribution in [0.15, 0.2) is 0 Å². The van der Waals surface area contributed by atoms with Crippen molar-refractivity contribution in [1.82, 2.24) is 4.90 Å². The first-order chi connectivity index (χ1) is 8.33. The lowest BCUT2D eigenvalue weighted by Crippen LogP contribution is -2.42. The lowest BCUT2D eigenvalue weighted by molar-refractivity contribution is -0.142. The minimum atomic E-state index is -0.240. The number of carbonyl (C=O) groups is 1. The van der Waals surface area contributed by atoms with Gasteiger partial charge in [-0.2, -0.15) is 0 Å². The number of hydrogen-bond acceptors (Lipinski definition) is 2. The Hall–Kier alpha value is -0.570. The zero-order chi connectivity index (χ0) is 13.8. The smallest absolute Gasteiger partial charge is 0.248 e. The van der Waals surface area contributed by atoms with Gasteiger partial charge in [-0.1, -0.05) is 13.3 Å². The number of hydrogen-bond donors (Lipinski definition) is 0. The molecule has 1 rings (SSSR count). The first-order valence-corrected chi connectivity index (χ1v) is 7.23. The Labute approximate surface area is 112 Å². The molecule has 0 radical (unpaired) electrons. The topological polar surface area (TPSA) is 29.5 Å². The minimum Gasteiger partial charge on any atom is -0.366 e. The highest BCUT2D eigenvalue weighted by Gasteiger charge is 2.26. The van der Waals surface area contributed by atoms with Crippen LogP contribution in [-0.2, 0) is 9.53 Å². The quantitative estimate of drug-likeness (QED) is 0.772. The zero-order valence-corrected chi connectivity index (χ0v) is 12.7. The van der Waals surface area contributed by atoms with Crippen molar-refractivity contribution in [2.24, 2.45) is 5.92 Å². The summed E-state index contributed by atoms with van der Waals surface area (Å²) in [4.78, 5) is 13.9. The van der Waals surface area contributed by atoms with Gasteiger partial charge < -0.3 is 9.64 Å². The van der Waals surface area contributed by atoms with Crippen LogP contribution in [0.4, 0.5) is 0 Å². The van der Waals surface area contributed by atoms with E-state index >= 15 is 0 Å². The molecule has 0 aliphatic heterocycles. The van der Waals surface area contributed by atoms with E-state index in [9.17, 15) is 4.79 Å². The van der Waals surface area contributed by atoms with Gasteiger partial charge in [0.1, 0.15) is 6.61 Å². The van der Waals surface area contributed by atoms with Crippen LogP contribution in [-0.4, -0.2) is 36.1 Å². The van der Waals surface area contributed by atoms with Crippen molar-refractivity contribution >= 4 is 5.91 Å². The van der Waals surface area contributed by atoms with Gasteiger partial charge in [0, 0.05) is 13.1 Å². The molecule has 0 spiro atoms. The summed E-state index contributed by atoms with van der Waals surface area (Å²) in [6.07, 6.45) is 6.10. The molecule has 0 heterocycles. The van der Waals surface area contributed by atoms with E-state index < -0.39 is 0 Å². The Morgan fingerprint density at radius 3 is 2.22 bits per heavy atom. The van der Waals surface area contributed by atoms with Crippen LogP contribution in [0.2, 0.25) is 0 Å². The van der Waals surface area contributed by atoms with E-state index in [2.05, 4.69) is 6.92 Å². The molecule has 3 heteroatoms. The molecular formula is C15H29NO2. The van der Waals surface area contributed by atoms with Gasteiger partial charge >= 0.3 is 0 Å². The second-order valence-electron chi connectivity index (χ2n) is 6.49. The molecule has 0 saturated heterocycles. The van der Waals surface area contributed by atoms with Gasteiger partial charge in [0.25, 0.3) is 0 Å². The van der Waals surface area contributed by atoms with Crippen LogP contribution in [0.25, 0.3) is 0 Å². The molecule has 3 nitrogen and oxygen atoms in total. The van der Waals surface area contributed by atoms with E-state index in [0.29, 0.717) is 6.04 Å². The van der Waals surface area contributed by atoms with Crippen molar-refractivity contribution in [2.45, 2.75) is 71.4 Å². The predicted molar refractivity (Wildman–Crippen MR) is 74.5 cm³/mol. The average molecular weight is 255 g/mol. The molecule has 1 amide bonds. The highest BCUT2D eigenvalue weighted by molar-refractivity contribution is 5.77. The molecule has 0 atom stereocenters. The SMILES string of the molecule is CCC1CCC(N(C)C(=O)COC(C)(C)C)CC1. The highest BCUT2D eigenvalue weighted by atomic mass is 16.5. The Balaban J connectivity index is 2.35. The van der Waals surface area contributed by atoms with Crippen LogP contribution in [0.5, 0.6) is 0 Å². The summed E-state index contributed by atoms with van der Waals surface area (Å²) in [5.74, 6) is 0.987. The van der Waals surface area contributed by atoms with Crippen LogP contribution in [0.3, 0.4) is 0 Å². The number of rotatable bonds is 4. The Kier molecular flexibility index (Phi) is 5.64. The van der Waals surface area contributed by atoms with Gasteiger partial charge in [0.15, 0.2) is 0 Å². The molecule has 1 aliphatic rings. The minimum absolute atomic E-state index is 0.116. The van der Waals surface area contributed by atoms with Gasteiger partial charge in [0.05, 0.1) is 5.60 Å². The van der Waals surface area contributed by atoms with Crippen molar-refractivity contribution in [2.75, 3.05) is 13.7 Å². The summed E-state index contributed by atoms with van der Waals surface area (Å²) in [5, 5.41) is 0. The second-order valence-corrected chi connectivity index (χ2v) is 6.49. The molecule has 1 saturated carbocycles. The van der Waals surface area contributed by atoms with Crippen molar-refractivity contribution in [3.8, 4) is 0 Å². The molecular weight excluding hydrogens is 226 g/mol. The molecule has 0 aromatic heterocycles. The molecule has 1 fully saturated rings. The van der Waals surface area contributed by atoms with E-state index in [1.54, 1.807) is 0 Å². The van der Waals surface area contributed by atoms with Gasteiger partial charge in [0.2, 0.25) is 5.91 Å². The first kappa shape index (κ1) is 15.5. The third kappa shape index (κ3) is 4.97. The van der Waals surface area contributed by atoms with Crippen LogP contribution in [0.1, 0.15) is 59.8 Å². The zero-order valence-electron chi connectivity index (χ0n) is 12.7. The lowest BCUT2D eigenvalue weighted by atomic mass is 9.84. The fraction of sp³-hybridized carbons (Fsp3) is 0.933. The summed E-state index contributed by atoms with van der Waals surface area (Å²) in [7, 11) is 1.92. The van der Waals surface area contributed by atoms with E-state index in [1.807, 2.05) is 32.7 Å². The molecule has 0 aromatic carbocycles. The van der Waals surface area contributed by atoms with Gasteiger partial charge in [-0.25, -0.2) is 0 Å². The Morgan fingerprint density at radius 2 is 1.78 bits per heavy atom. The summed E-state index contributed by atoms with van der Waals surface area (Å²) in [6, 6.07) is 0.420.